The van der Waals surface area contributed by atoms with Gasteiger partial charge in [-0.05, 0) is 18.1 Å². The summed E-state index contributed by atoms with van der Waals surface area (Å²) in [6, 6.07) is 4.05. The van der Waals surface area contributed by atoms with Crippen molar-refractivity contribution in [2.45, 2.75) is 6.42 Å². The van der Waals surface area contributed by atoms with E-state index in [0.717, 1.165) is 18.4 Å². The van der Waals surface area contributed by atoms with Crippen LogP contribution in [0.15, 0.2) is 24.5 Å². The molecule has 1 heterocycles. The van der Waals surface area contributed by atoms with Crippen LogP contribution in [0.2, 0.25) is 0 Å². The molecule has 60 valence electrons. The summed E-state index contributed by atoms with van der Waals surface area (Å²) in [6.45, 7) is 0.997. The molecule has 0 aliphatic rings. The highest BCUT2D eigenvalue weighted by Crippen LogP contribution is 1.95. The highest BCUT2D eigenvalue weighted by Gasteiger charge is 1.89. The van der Waals surface area contributed by atoms with Crippen LogP contribution in [0.25, 0.3) is 0 Å². The van der Waals surface area contributed by atoms with E-state index in [1.807, 2.05) is 12.3 Å². The maximum Gasteiger partial charge on any atom is 0.0517 e. The van der Waals surface area contributed by atoms with Gasteiger partial charge in [-0.3, -0.25) is 4.98 Å². The number of nitrogens with one attached hydrogen (secondary N) is 1. The molecular weight excluding hydrogens is 204 g/mol. The fraction of sp³-hybridized carbons (Fsp3) is 0.375. The SMILES string of the molecule is BrCNCCc1cccnc1. The molecule has 0 fully saturated rings. The van der Waals surface area contributed by atoms with Crippen molar-refractivity contribution in [3.63, 3.8) is 0 Å². The van der Waals surface area contributed by atoms with E-state index in [1.54, 1.807) is 6.20 Å². The van der Waals surface area contributed by atoms with Crippen molar-refractivity contribution in [3.05, 3.63) is 30.1 Å². The molecule has 0 atom stereocenters. The quantitative estimate of drug-likeness (QED) is 0.468. The molecule has 1 aromatic heterocycles. The second-order valence-electron chi connectivity index (χ2n) is 2.24. The molecule has 0 unspecified atom stereocenters. The summed E-state index contributed by atoms with van der Waals surface area (Å²) in [4.78, 5) is 4.02. The van der Waals surface area contributed by atoms with Crippen LogP contribution in [0.3, 0.4) is 0 Å². The van der Waals surface area contributed by atoms with Gasteiger partial charge in [-0.2, -0.15) is 0 Å². The van der Waals surface area contributed by atoms with Gasteiger partial charge in [0.05, 0.1) is 5.45 Å². The minimum atomic E-state index is 0.854. The normalized spacial score (nSPS) is 9.91. The van der Waals surface area contributed by atoms with Gasteiger partial charge in [-0.1, -0.05) is 22.0 Å². The summed E-state index contributed by atoms with van der Waals surface area (Å²) in [7, 11) is 0. The number of aromatic nitrogens is 1. The Morgan fingerprint density at radius 3 is 3.09 bits per heavy atom. The third-order valence-corrected chi connectivity index (χ3v) is 1.80. The van der Waals surface area contributed by atoms with Crippen LogP contribution >= 0.6 is 15.9 Å². The van der Waals surface area contributed by atoms with Crippen molar-refractivity contribution < 1.29 is 0 Å². The number of halogens is 1. The first-order chi connectivity index (χ1) is 5.43. The summed E-state index contributed by atoms with van der Waals surface area (Å²) < 4.78 is 0. The predicted molar refractivity (Wildman–Crippen MR) is 49.7 cm³/mol. The van der Waals surface area contributed by atoms with E-state index in [2.05, 4.69) is 32.3 Å². The Labute approximate surface area is 75.2 Å². The zero-order chi connectivity index (χ0) is 7.94. The van der Waals surface area contributed by atoms with Gasteiger partial charge in [0.2, 0.25) is 0 Å². The molecule has 1 N–H and O–H groups in total. The number of alkyl halides is 1. The third-order valence-electron chi connectivity index (χ3n) is 1.41. The van der Waals surface area contributed by atoms with Gasteiger partial charge in [-0.15, -0.1) is 0 Å². The molecule has 0 aliphatic carbocycles. The van der Waals surface area contributed by atoms with E-state index in [9.17, 15) is 0 Å². The number of hydrogen-bond donors (Lipinski definition) is 1. The maximum atomic E-state index is 4.02. The molecule has 0 saturated heterocycles. The molecule has 0 aromatic carbocycles. The lowest BCUT2D eigenvalue weighted by atomic mass is 10.2. The second-order valence-corrected chi connectivity index (χ2v) is 2.81. The summed E-state index contributed by atoms with van der Waals surface area (Å²) >= 11 is 3.30. The summed E-state index contributed by atoms with van der Waals surface area (Å²) in [5.41, 5.74) is 2.13. The molecule has 11 heavy (non-hydrogen) atoms. The van der Waals surface area contributed by atoms with E-state index in [-0.39, 0.29) is 0 Å². The average molecular weight is 215 g/mol. The molecule has 0 saturated carbocycles. The Balaban J connectivity index is 2.28. The smallest absolute Gasteiger partial charge is 0.0517 e. The highest BCUT2D eigenvalue weighted by molar-refractivity contribution is 9.09. The van der Waals surface area contributed by atoms with Gasteiger partial charge in [0.1, 0.15) is 0 Å². The summed E-state index contributed by atoms with van der Waals surface area (Å²) in [6.07, 6.45) is 4.73. The summed E-state index contributed by atoms with van der Waals surface area (Å²) in [5.74, 6) is 0. The lowest BCUT2D eigenvalue weighted by molar-refractivity contribution is 0.777. The zero-order valence-electron chi connectivity index (χ0n) is 6.26. The minimum absolute atomic E-state index is 0.854. The topological polar surface area (TPSA) is 24.9 Å². The first kappa shape index (κ1) is 8.68. The summed E-state index contributed by atoms with van der Waals surface area (Å²) in [5, 5.41) is 3.19. The molecule has 1 aromatic rings. The minimum Gasteiger partial charge on any atom is -0.307 e. The van der Waals surface area contributed by atoms with E-state index in [0.29, 0.717) is 0 Å². The van der Waals surface area contributed by atoms with Gasteiger partial charge in [0.15, 0.2) is 0 Å². The molecule has 0 amide bonds. The van der Waals surface area contributed by atoms with Crippen LogP contribution in [0.4, 0.5) is 0 Å². The van der Waals surface area contributed by atoms with Crippen molar-refractivity contribution in [2.75, 3.05) is 12.0 Å². The Morgan fingerprint density at radius 2 is 2.45 bits per heavy atom. The first-order valence-corrected chi connectivity index (χ1v) is 4.71. The third kappa shape index (κ3) is 3.49. The van der Waals surface area contributed by atoms with Crippen molar-refractivity contribution in [1.29, 1.82) is 0 Å². The van der Waals surface area contributed by atoms with Crippen molar-refractivity contribution in [2.24, 2.45) is 0 Å². The molecule has 2 nitrogen and oxygen atoms in total. The predicted octanol–water partition coefficient (Wildman–Crippen LogP) is 1.57. The molecule has 3 heteroatoms. The largest absolute Gasteiger partial charge is 0.307 e. The number of rotatable bonds is 4. The monoisotopic (exact) mass is 214 g/mol. The number of hydrogen-bond acceptors (Lipinski definition) is 2. The van der Waals surface area contributed by atoms with Crippen LogP contribution in [-0.2, 0) is 6.42 Å². The fourth-order valence-electron chi connectivity index (χ4n) is 0.846. The van der Waals surface area contributed by atoms with Crippen LogP contribution in [-0.4, -0.2) is 17.0 Å². The molecule has 0 radical (unpaired) electrons. The van der Waals surface area contributed by atoms with Crippen molar-refractivity contribution >= 4 is 15.9 Å². The first-order valence-electron chi connectivity index (χ1n) is 3.59. The van der Waals surface area contributed by atoms with Gasteiger partial charge in [-0.25, -0.2) is 0 Å². The lowest BCUT2D eigenvalue weighted by Gasteiger charge is -1.99. The van der Waals surface area contributed by atoms with Gasteiger partial charge in [0, 0.05) is 18.9 Å². The zero-order valence-corrected chi connectivity index (χ0v) is 7.84. The molecule has 0 spiro atoms. The molecule has 0 aliphatic heterocycles. The van der Waals surface area contributed by atoms with Gasteiger partial charge >= 0.3 is 0 Å². The van der Waals surface area contributed by atoms with Gasteiger partial charge < -0.3 is 5.32 Å². The average Bonchev–Trinajstić information content (AvgIpc) is 2.07. The van der Waals surface area contributed by atoms with Crippen LogP contribution in [0.1, 0.15) is 5.56 Å². The van der Waals surface area contributed by atoms with Crippen LogP contribution in [0, 0.1) is 0 Å². The van der Waals surface area contributed by atoms with Crippen LogP contribution in [0.5, 0.6) is 0 Å². The Hall–Kier alpha value is -0.410. The van der Waals surface area contributed by atoms with Crippen LogP contribution < -0.4 is 5.32 Å². The lowest BCUT2D eigenvalue weighted by Crippen LogP contribution is -2.14. The molecular formula is C8H11BrN2. The van der Waals surface area contributed by atoms with E-state index in [4.69, 9.17) is 0 Å². The highest BCUT2D eigenvalue weighted by atomic mass is 79.9. The van der Waals surface area contributed by atoms with E-state index < -0.39 is 0 Å². The van der Waals surface area contributed by atoms with E-state index >= 15 is 0 Å². The molecule has 0 bridgehead atoms. The fourth-order valence-corrected chi connectivity index (χ4v) is 1.13. The Kier molecular flexibility index (Phi) is 4.16. The standard InChI is InChI=1S/C8H11BrN2/c9-7-11-5-3-8-2-1-4-10-6-8/h1-2,4,6,11H,3,5,7H2. The van der Waals surface area contributed by atoms with E-state index in [1.165, 1.54) is 5.56 Å². The second kappa shape index (κ2) is 5.27. The Bertz CT molecular complexity index is 189. The molecule has 1 rings (SSSR count). The van der Waals surface area contributed by atoms with Crippen molar-refractivity contribution in [1.82, 2.24) is 10.3 Å². The Morgan fingerprint density at radius 1 is 1.55 bits per heavy atom. The van der Waals surface area contributed by atoms with Gasteiger partial charge in [0.25, 0.3) is 0 Å². The van der Waals surface area contributed by atoms with Crippen molar-refractivity contribution in [3.8, 4) is 0 Å². The number of pyridine rings is 1. The number of nitrogens with zero attached hydrogens (tertiary/aromatic N) is 1. The maximum absolute atomic E-state index is 4.02.